The van der Waals surface area contributed by atoms with Crippen molar-refractivity contribution in [1.82, 2.24) is 0 Å². The van der Waals surface area contributed by atoms with Crippen molar-refractivity contribution in [2.75, 3.05) is 0 Å². The highest BCUT2D eigenvalue weighted by Crippen LogP contribution is 2.25. The van der Waals surface area contributed by atoms with Gasteiger partial charge in [-0.15, -0.1) is 0 Å². The molecule has 0 aliphatic carbocycles. The lowest BCUT2D eigenvalue weighted by Gasteiger charge is -2.09. The van der Waals surface area contributed by atoms with Gasteiger partial charge in [-0.05, 0) is 36.0 Å². The summed E-state index contributed by atoms with van der Waals surface area (Å²) in [6.45, 7) is 0. The first kappa shape index (κ1) is 18.3. The van der Waals surface area contributed by atoms with Crippen LogP contribution in [-0.4, -0.2) is 11.1 Å². The standard InChI is InChI=1S/C22H28O2/c23-22(24)18-10-5-3-1-2-4-7-13-20-16-11-12-17-21(20)19-14-8-6-9-15-19/h6,8-9,11-12,14-17H,1-5,7,10,13,18H2,(H,23,24). The molecule has 0 bridgehead atoms. The number of aryl methyl sites for hydroxylation is 1. The van der Waals surface area contributed by atoms with E-state index in [0.29, 0.717) is 6.42 Å². The molecule has 0 aliphatic rings. The van der Waals surface area contributed by atoms with Crippen LogP contribution in [0.3, 0.4) is 0 Å². The molecule has 0 spiro atoms. The normalized spacial score (nSPS) is 10.7. The first-order valence-electron chi connectivity index (χ1n) is 9.12. The zero-order valence-electron chi connectivity index (χ0n) is 14.4. The van der Waals surface area contributed by atoms with E-state index in [4.69, 9.17) is 5.11 Å². The van der Waals surface area contributed by atoms with Gasteiger partial charge in [0.1, 0.15) is 0 Å². The van der Waals surface area contributed by atoms with Crippen LogP contribution in [0.25, 0.3) is 11.1 Å². The van der Waals surface area contributed by atoms with Crippen molar-refractivity contribution in [1.29, 1.82) is 0 Å². The molecule has 0 fully saturated rings. The fourth-order valence-electron chi connectivity index (χ4n) is 3.11. The third-order valence-corrected chi connectivity index (χ3v) is 4.44. The van der Waals surface area contributed by atoms with Crippen LogP contribution in [0.5, 0.6) is 0 Å². The minimum absolute atomic E-state index is 0.316. The van der Waals surface area contributed by atoms with Crippen molar-refractivity contribution < 1.29 is 9.90 Å². The molecule has 0 aliphatic heterocycles. The Labute approximate surface area is 145 Å². The van der Waals surface area contributed by atoms with E-state index in [2.05, 4.69) is 54.6 Å². The Bertz CT molecular complexity index is 604. The van der Waals surface area contributed by atoms with E-state index in [1.165, 1.54) is 42.4 Å². The lowest BCUT2D eigenvalue weighted by Crippen LogP contribution is -1.93. The molecule has 1 N–H and O–H groups in total. The molecule has 2 rings (SSSR count). The average molecular weight is 324 g/mol. The lowest BCUT2D eigenvalue weighted by molar-refractivity contribution is -0.137. The van der Waals surface area contributed by atoms with E-state index < -0.39 is 5.97 Å². The van der Waals surface area contributed by atoms with Crippen LogP contribution in [0.1, 0.15) is 56.9 Å². The van der Waals surface area contributed by atoms with E-state index in [1.807, 2.05) is 0 Å². The van der Waals surface area contributed by atoms with Gasteiger partial charge in [0.2, 0.25) is 0 Å². The molecule has 2 heteroatoms. The molecule has 2 aromatic carbocycles. The molecule has 0 amide bonds. The van der Waals surface area contributed by atoms with Crippen molar-refractivity contribution in [3.63, 3.8) is 0 Å². The topological polar surface area (TPSA) is 37.3 Å². The van der Waals surface area contributed by atoms with Gasteiger partial charge in [-0.3, -0.25) is 4.79 Å². The third-order valence-electron chi connectivity index (χ3n) is 4.44. The molecule has 2 aromatic rings. The molecule has 0 aromatic heterocycles. The number of carboxylic acids is 1. The SMILES string of the molecule is O=C(O)CCCCCCCCCc1ccccc1-c1ccccc1. The fourth-order valence-corrected chi connectivity index (χ4v) is 3.11. The maximum Gasteiger partial charge on any atom is 0.303 e. The van der Waals surface area contributed by atoms with E-state index >= 15 is 0 Å². The highest BCUT2D eigenvalue weighted by atomic mass is 16.4. The highest BCUT2D eigenvalue weighted by Gasteiger charge is 2.04. The first-order chi connectivity index (χ1) is 11.8. The predicted octanol–water partition coefficient (Wildman–Crippen LogP) is 6.10. The number of hydrogen-bond acceptors (Lipinski definition) is 1. The maximum absolute atomic E-state index is 10.4. The molecular formula is C22H28O2. The van der Waals surface area contributed by atoms with E-state index in [9.17, 15) is 4.79 Å². The number of unbranched alkanes of at least 4 members (excludes halogenated alkanes) is 6. The second-order valence-electron chi connectivity index (χ2n) is 6.39. The summed E-state index contributed by atoms with van der Waals surface area (Å²) in [5.74, 6) is -0.674. The molecule has 0 radical (unpaired) electrons. The molecule has 128 valence electrons. The first-order valence-corrected chi connectivity index (χ1v) is 9.12. The van der Waals surface area contributed by atoms with Gasteiger partial charge in [0.05, 0.1) is 0 Å². The van der Waals surface area contributed by atoms with Gasteiger partial charge in [-0.25, -0.2) is 0 Å². The van der Waals surface area contributed by atoms with Gasteiger partial charge in [0.15, 0.2) is 0 Å². The van der Waals surface area contributed by atoms with E-state index in [-0.39, 0.29) is 0 Å². The lowest BCUT2D eigenvalue weighted by atomic mass is 9.95. The summed E-state index contributed by atoms with van der Waals surface area (Å²) in [6, 6.07) is 19.3. The Morgan fingerprint density at radius 3 is 2.00 bits per heavy atom. The van der Waals surface area contributed by atoms with Crippen LogP contribution in [0.4, 0.5) is 0 Å². The monoisotopic (exact) mass is 324 g/mol. The molecule has 0 heterocycles. The number of rotatable bonds is 11. The van der Waals surface area contributed by atoms with E-state index in [1.54, 1.807) is 0 Å². The van der Waals surface area contributed by atoms with Crippen molar-refractivity contribution in [3.8, 4) is 11.1 Å². The Balaban J connectivity index is 1.67. The van der Waals surface area contributed by atoms with E-state index in [0.717, 1.165) is 25.7 Å². The van der Waals surface area contributed by atoms with Gasteiger partial charge in [0, 0.05) is 6.42 Å². The van der Waals surface area contributed by atoms with Gasteiger partial charge in [-0.2, -0.15) is 0 Å². The van der Waals surface area contributed by atoms with Crippen LogP contribution >= 0.6 is 0 Å². The highest BCUT2D eigenvalue weighted by molar-refractivity contribution is 5.67. The summed E-state index contributed by atoms with van der Waals surface area (Å²) >= 11 is 0. The molecule has 24 heavy (non-hydrogen) atoms. The second-order valence-corrected chi connectivity index (χ2v) is 6.39. The fraction of sp³-hybridized carbons (Fsp3) is 0.409. The largest absolute Gasteiger partial charge is 0.481 e. The quantitative estimate of drug-likeness (QED) is 0.507. The predicted molar refractivity (Wildman–Crippen MR) is 100 cm³/mol. The second kappa shape index (κ2) is 10.6. The molecule has 0 saturated heterocycles. The summed E-state index contributed by atoms with van der Waals surface area (Å²) < 4.78 is 0. The zero-order chi connectivity index (χ0) is 17.0. The molecular weight excluding hydrogens is 296 g/mol. The maximum atomic E-state index is 10.4. The van der Waals surface area contributed by atoms with Crippen molar-refractivity contribution in [2.24, 2.45) is 0 Å². The average Bonchev–Trinajstić information content (AvgIpc) is 2.61. The molecule has 0 saturated carbocycles. The van der Waals surface area contributed by atoms with Gasteiger partial charge in [0.25, 0.3) is 0 Å². The minimum atomic E-state index is -0.674. The Hall–Kier alpha value is -2.09. The van der Waals surface area contributed by atoms with Gasteiger partial charge < -0.3 is 5.11 Å². The summed E-state index contributed by atoms with van der Waals surface area (Å²) in [7, 11) is 0. The Kier molecular flexibility index (Phi) is 8.09. The summed E-state index contributed by atoms with van der Waals surface area (Å²) in [4.78, 5) is 10.4. The number of aliphatic carboxylic acids is 1. The van der Waals surface area contributed by atoms with Gasteiger partial charge in [-0.1, -0.05) is 86.7 Å². The molecule has 0 unspecified atom stereocenters. The molecule has 0 atom stereocenters. The van der Waals surface area contributed by atoms with Gasteiger partial charge >= 0.3 is 5.97 Å². The van der Waals surface area contributed by atoms with Crippen LogP contribution in [0.15, 0.2) is 54.6 Å². The van der Waals surface area contributed by atoms with Crippen LogP contribution in [0, 0.1) is 0 Å². The van der Waals surface area contributed by atoms with Crippen LogP contribution in [0.2, 0.25) is 0 Å². The molecule has 2 nitrogen and oxygen atoms in total. The van der Waals surface area contributed by atoms with Crippen LogP contribution in [-0.2, 0) is 11.2 Å². The van der Waals surface area contributed by atoms with Crippen molar-refractivity contribution >= 4 is 5.97 Å². The number of carboxylic acid groups (broad SMARTS) is 1. The number of benzene rings is 2. The zero-order valence-corrected chi connectivity index (χ0v) is 14.4. The third kappa shape index (κ3) is 6.57. The van der Waals surface area contributed by atoms with Crippen molar-refractivity contribution in [2.45, 2.75) is 57.8 Å². The van der Waals surface area contributed by atoms with Crippen LogP contribution < -0.4 is 0 Å². The Morgan fingerprint density at radius 1 is 0.708 bits per heavy atom. The number of hydrogen-bond donors (Lipinski definition) is 1. The minimum Gasteiger partial charge on any atom is -0.481 e. The smallest absolute Gasteiger partial charge is 0.303 e. The number of carbonyl (C=O) groups is 1. The summed E-state index contributed by atoms with van der Waals surface area (Å²) in [5, 5.41) is 8.60. The summed E-state index contributed by atoms with van der Waals surface area (Å²) in [5.41, 5.74) is 4.09. The summed E-state index contributed by atoms with van der Waals surface area (Å²) in [6.07, 6.45) is 9.42. The van der Waals surface area contributed by atoms with Crippen molar-refractivity contribution in [3.05, 3.63) is 60.2 Å². The Morgan fingerprint density at radius 2 is 1.29 bits per heavy atom.